The Morgan fingerprint density at radius 1 is 1.50 bits per heavy atom. The van der Waals surface area contributed by atoms with Crippen molar-refractivity contribution in [1.29, 1.82) is 0 Å². The number of carbonyl (C=O) groups is 1. The molecule has 0 saturated heterocycles. The third kappa shape index (κ3) is 2.35. The first-order valence-corrected chi connectivity index (χ1v) is 4.42. The molecule has 2 N–H and O–H groups in total. The minimum atomic E-state index is -0.599. The molecule has 0 amide bonds. The van der Waals surface area contributed by atoms with E-state index in [0.717, 1.165) is 12.3 Å². The van der Waals surface area contributed by atoms with Crippen molar-refractivity contribution < 1.29 is 9.18 Å². The molecule has 1 atom stereocenters. The fraction of sp³-hybridized carbons (Fsp3) is 0.400. The van der Waals surface area contributed by atoms with Gasteiger partial charge in [-0.05, 0) is 12.0 Å². The quantitative estimate of drug-likeness (QED) is 0.743. The van der Waals surface area contributed by atoms with Crippen molar-refractivity contribution in [2.45, 2.75) is 19.9 Å². The molecule has 1 rings (SSSR count). The highest BCUT2D eigenvalue weighted by Crippen LogP contribution is 2.08. The van der Waals surface area contributed by atoms with E-state index in [1.807, 2.05) is 13.8 Å². The van der Waals surface area contributed by atoms with Crippen LogP contribution in [0.2, 0.25) is 0 Å². The molecular formula is C10H13FN2O. The van der Waals surface area contributed by atoms with Crippen LogP contribution in [0.4, 0.5) is 4.39 Å². The molecule has 0 aliphatic carbocycles. The molecule has 76 valence electrons. The number of ketones is 1. The highest BCUT2D eigenvalue weighted by Gasteiger charge is 2.19. The average Bonchev–Trinajstić information content (AvgIpc) is 2.15. The van der Waals surface area contributed by atoms with Gasteiger partial charge < -0.3 is 5.73 Å². The maximum Gasteiger partial charge on any atom is 0.181 e. The van der Waals surface area contributed by atoms with Crippen molar-refractivity contribution >= 4 is 5.78 Å². The number of halogens is 1. The summed E-state index contributed by atoms with van der Waals surface area (Å²) in [5.74, 6) is -0.760. The minimum absolute atomic E-state index is 0.0331. The number of nitrogens with two attached hydrogens (primary N) is 1. The maximum absolute atomic E-state index is 12.7. The monoisotopic (exact) mass is 196 g/mol. The van der Waals surface area contributed by atoms with Crippen LogP contribution >= 0.6 is 0 Å². The molecular weight excluding hydrogens is 183 g/mol. The van der Waals surface area contributed by atoms with Gasteiger partial charge in [0.1, 0.15) is 5.82 Å². The second-order valence-electron chi connectivity index (χ2n) is 3.53. The molecule has 0 radical (unpaired) electrons. The molecule has 1 aromatic rings. The molecule has 0 aromatic carbocycles. The minimum Gasteiger partial charge on any atom is -0.321 e. The Hall–Kier alpha value is -1.29. The van der Waals surface area contributed by atoms with Crippen LogP contribution in [-0.2, 0) is 0 Å². The third-order valence-electron chi connectivity index (χ3n) is 2.01. The number of carbonyl (C=O) groups excluding carboxylic acids is 1. The van der Waals surface area contributed by atoms with E-state index in [1.165, 1.54) is 6.20 Å². The third-order valence-corrected chi connectivity index (χ3v) is 2.01. The zero-order valence-corrected chi connectivity index (χ0v) is 8.20. The second kappa shape index (κ2) is 4.28. The molecule has 3 nitrogen and oxygen atoms in total. The summed E-state index contributed by atoms with van der Waals surface area (Å²) in [6, 6.07) is 0.552. The standard InChI is InChI=1S/C10H13FN2O/c1-6(2)9(12)10(14)7-3-8(11)5-13-4-7/h3-6,9H,12H2,1-2H3. The zero-order valence-electron chi connectivity index (χ0n) is 8.20. The summed E-state index contributed by atoms with van der Waals surface area (Å²) < 4.78 is 12.7. The summed E-state index contributed by atoms with van der Waals surface area (Å²) in [7, 11) is 0. The van der Waals surface area contributed by atoms with E-state index >= 15 is 0 Å². The van der Waals surface area contributed by atoms with E-state index in [4.69, 9.17) is 5.73 Å². The smallest absolute Gasteiger partial charge is 0.181 e. The normalized spacial score (nSPS) is 12.9. The number of pyridine rings is 1. The topological polar surface area (TPSA) is 56.0 Å². The Morgan fingerprint density at radius 2 is 2.14 bits per heavy atom. The van der Waals surface area contributed by atoms with E-state index in [1.54, 1.807) is 0 Å². The highest BCUT2D eigenvalue weighted by molar-refractivity contribution is 5.99. The number of Topliss-reactive ketones (excluding diaryl/α,β-unsaturated/α-hetero) is 1. The van der Waals surface area contributed by atoms with Gasteiger partial charge in [0.05, 0.1) is 12.2 Å². The molecule has 1 unspecified atom stereocenters. The Morgan fingerprint density at radius 3 is 2.64 bits per heavy atom. The summed E-state index contributed by atoms with van der Waals surface area (Å²) in [5.41, 5.74) is 5.87. The summed E-state index contributed by atoms with van der Waals surface area (Å²) in [4.78, 5) is 15.2. The first-order chi connectivity index (χ1) is 6.52. The van der Waals surface area contributed by atoms with Gasteiger partial charge in [-0.15, -0.1) is 0 Å². The second-order valence-corrected chi connectivity index (χ2v) is 3.53. The van der Waals surface area contributed by atoms with Crippen LogP contribution in [0.3, 0.4) is 0 Å². The lowest BCUT2D eigenvalue weighted by atomic mass is 9.97. The van der Waals surface area contributed by atoms with Crippen molar-refractivity contribution in [3.8, 4) is 0 Å². The van der Waals surface area contributed by atoms with Crippen molar-refractivity contribution in [3.63, 3.8) is 0 Å². The predicted octanol–water partition coefficient (Wildman–Crippen LogP) is 1.39. The average molecular weight is 196 g/mol. The van der Waals surface area contributed by atoms with Gasteiger partial charge >= 0.3 is 0 Å². The SMILES string of the molecule is CC(C)C(N)C(=O)c1cncc(F)c1. The number of rotatable bonds is 3. The lowest BCUT2D eigenvalue weighted by Gasteiger charge is -2.13. The van der Waals surface area contributed by atoms with Crippen LogP contribution in [0.5, 0.6) is 0 Å². The summed E-state index contributed by atoms with van der Waals surface area (Å²) in [6.07, 6.45) is 2.38. The summed E-state index contributed by atoms with van der Waals surface area (Å²) in [5, 5.41) is 0. The zero-order chi connectivity index (χ0) is 10.7. The van der Waals surface area contributed by atoms with Crippen LogP contribution in [0.25, 0.3) is 0 Å². The van der Waals surface area contributed by atoms with Gasteiger partial charge in [0.2, 0.25) is 0 Å². The molecule has 0 fully saturated rings. The summed E-state index contributed by atoms with van der Waals surface area (Å²) >= 11 is 0. The van der Waals surface area contributed by atoms with Crippen molar-refractivity contribution in [3.05, 3.63) is 29.8 Å². The summed E-state index contributed by atoms with van der Waals surface area (Å²) in [6.45, 7) is 3.69. The van der Waals surface area contributed by atoms with E-state index in [-0.39, 0.29) is 17.3 Å². The van der Waals surface area contributed by atoms with Crippen LogP contribution < -0.4 is 5.73 Å². The van der Waals surface area contributed by atoms with E-state index in [9.17, 15) is 9.18 Å². The largest absolute Gasteiger partial charge is 0.321 e. The Labute approximate surface area is 82.1 Å². The first-order valence-electron chi connectivity index (χ1n) is 4.42. The fourth-order valence-corrected chi connectivity index (χ4v) is 1.04. The predicted molar refractivity (Wildman–Crippen MR) is 51.3 cm³/mol. The van der Waals surface area contributed by atoms with Crippen LogP contribution in [0, 0.1) is 11.7 Å². The van der Waals surface area contributed by atoms with Crippen molar-refractivity contribution in [2.24, 2.45) is 11.7 Å². The van der Waals surface area contributed by atoms with Crippen molar-refractivity contribution in [1.82, 2.24) is 4.98 Å². The Kier molecular flexibility index (Phi) is 3.30. The van der Waals surface area contributed by atoms with Crippen LogP contribution in [0.1, 0.15) is 24.2 Å². The molecule has 0 spiro atoms. The number of hydrogen-bond donors (Lipinski definition) is 1. The van der Waals surface area contributed by atoms with Gasteiger partial charge in [0.25, 0.3) is 0 Å². The molecule has 1 aromatic heterocycles. The van der Waals surface area contributed by atoms with E-state index in [2.05, 4.69) is 4.98 Å². The van der Waals surface area contributed by atoms with Gasteiger partial charge in [-0.2, -0.15) is 0 Å². The number of hydrogen-bond acceptors (Lipinski definition) is 3. The Bertz CT molecular complexity index is 339. The van der Waals surface area contributed by atoms with E-state index in [0.29, 0.717) is 0 Å². The van der Waals surface area contributed by atoms with Gasteiger partial charge in [-0.3, -0.25) is 9.78 Å². The maximum atomic E-state index is 12.7. The molecule has 14 heavy (non-hydrogen) atoms. The van der Waals surface area contributed by atoms with Gasteiger partial charge in [-0.1, -0.05) is 13.8 Å². The van der Waals surface area contributed by atoms with E-state index < -0.39 is 11.9 Å². The Balaban J connectivity index is 2.89. The van der Waals surface area contributed by atoms with Gasteiger partial charge in [-0.25, -0.2) is 4.39 Å². The highest BCUT2D eigenvalue weighted by atomic mass is 19.1. The fourth-order valence-electron chi connectivity index (χ4n) is 1.04. The van der Waals surface area contributed by atoms with Gasteiger partial charge in [0, 0.05) is 11.8 Å². The molecule has 0 aliphatic heterocycles. The number of nitrogens with zero attached hydrogens (tertiary/aromatic N) is 1. The van der Waals surface area contributed by atoms with Gasteiger partial charge in [0.15, 0.2) is 5.78 Å². The first kappa shape index (κ1) is 10.8. The molecule has 0 aliphatic rings. The lowest BCUT2D eigenvalue weighted by molar-refractivity contribution is 0.0939. The van der Waals surface area contributed by atoms with Crippen LogP contribution in [-0.4, -0.2) is 16.8 Å². The van der Waals surface area contributed by atoms with Crippen molar-refractivity contribution in [2.75, 3.05) is 0 Å². The van der Waals surface area contributed by atoms with Crippen LogP contribution in [0.15, 0.2) is 18.5 Å². The lowest BCUT2D eigenvalue weighted by Crippen LogP contribution is -2.35. The molecule has 1 heterocycles. The molecule has 4 heteroatoms. The number of aromatic nitrogens is 1. The molecule has 0 saturated carbocycles. The molecule has 0 bridgehead atoms.